The van der Waals surface area contributed by atoms with Gasteiger partial charge in [0, 0.05) is 29.2 Å². The number of fused-ring (bicyclic) bond motifs is 3. The molecular weight excluding hydrogens is 625 g/mol. The Morgan fingerprint density at radius 2 is 1.68 bits per heavy atom. The molecule has 0 N–H and O–H groups in total. The Hall–Kier alpha value is -2.46. The van der Waals surface area contributed by atoms with Crippen LogP contribution in [0, 0.1) is 0 Å². The number of aryl methyl sites for hydroxylation is 1. The van der Waals surface area contributed by atoms with Crippen molar-refractivity contribution in [1.29, 1.82) is 0 Å². The molecule has 186 valence electrons. The van der Waals surface area contributed by atoms with E-state index in [0.717, 1.165) is 29.2 Å². The molecule has 0 saturated carbocycles. The van der Waals surface area contributed by atoms with Crippen molar-refractivity contribution in [2.75, 3.05) is 11.4 Å². The van der Waals surface area contributed by atoms with Crippen LogP contribution >= 0.6 is 34.4 Å². The summed E-state index contributed by atoms with van der Waals surface area (Å²) in [6, 6.07) is 25.6. The van der Waals surface area contributed by atoms with Gasteiger partial charge in [-0.1, -0.05) is 59.5 Å². The van der Waals surface area contributed by atoms with Crippen LogP contribution in [0.25, 0.3) is 32.1 Å². The average Bonchev–Trinajstić information content (AvgIpc) is 3.60. The van der Waals surface area contributed by atoms with E-state index in [-0.39, 0.29) is 24.0 Å². The van der Waals surface area contributed by atoms with Gasteiger partial charge in [0.25, 0.3) is 5.01 Å². The number of allylic oxidation sites excluding steroid dienone is 4. The molecule has 0 spiro atoms. The first-order chi connectivity index (χ1) is 17.7. The second-order valence-corrected chi connectivity index (χ2v) is 11.6. The van der Waals surface area contributed by atoms with E-state index in [9.17, 15) is 0 Å². The van der Waals surface area contributed by atoms with Crippen molar-refractivity contribution >= 4 is 72.2 Å². The molecule has 7 heteroatoms. The molecule has 2 aromatic heterocycles. The minimum atomic E-state index is 0. The molecule has 1 aliphatic rings. The Bertz CT molecular complexity index is 1630. The largest absolute Gasteiger partial charge is 1.00 e. The summed E-state index contributed by atoms with van der Waals surface area (Å²) >= 11 is 5.42. The van der Waals surface area contributed by atoms with Crippen molar-refractivity contribution in [2.45, 2.75) is 25.3 Å². The number of hydrogen-bond donors (Lipinski definition) is 0. The molecule has 0 saturated heterocycles. The zero-order chi connectivity index (χ0) is 24.5. The minimum absolute atomic E-state index is 0. The van der Waals surface area contributed by atoms with Crippen LogP contribution in [-0.2, 0) is 6.54 Å². The molecular formula is C30H26IN3S3. The third kappa shape index (κ3) is 5.14. The number of hydrogen-bond acceptors (Lipinski definition) is 5. The van der Waals surface area contributed by atoms with Crippen LogP contribution in [0.3, 0.4) is 0 Å². The van der Waals surface area contributed by atoms with Gasteiger partial charge in [0.05, 0.1) is 20.9 Å². The van der Waals surface area contributed by atoms with Gasteiger partial charge in [-0.3, -0.25) is 0 Å². The number of benzene rings is 3. The summed E-state index contributed by atoms with van der Waals surface area (Å²) in [5, 5.41) is 3.53. The third-order valence-corrected chi connectivity index (χ3v) is 9.60. The van der Waals surface area contributed by atoms with E-state index in [2.05, 4.69) is 120 Å². The Labute approximate surface area is 246 Å². The highest BCUT2D eigenvalue weighted by Crippen LogP contribution is 2.45. The summed E-state index contributed by atoms with van der Waals surface area (Å²) in [6.45, 7) is 6.29. The van der Waals surface area contributed by atoms with Gasteiger partial charge >= 0.3 is 0 Å². The van der Waals surface area contributed by atoms with Gasteiger partial charge in [-0.25, -0.2) is 4.98 Å². The predicted octanol–water partition coefficient (Wildman–Crippen LogP) is 5.39. The van der Waals surface area contributed by atoms with Crippen molar-refractivity contribution in [3.63, 3.8) is 0 Å². The SMILES string of the molecule is CCN1/C(=C/C=C(/C=C/c2sc3ccccc3[n+]2CC)c2nc3ccccc3s2)Sc2ccccc21.[I-]. The van der Waals surface area contributed by atoms with E-state index in [1.807, 2.05) is 23.1 Å². The lowest BCUT2D eigenvalue weighted by atomic mass is 10.2. The van der Waals surface area contributed by atoms with Gasteiger partial charge in [0.2, 0.25) is 5.52 Å². The highest BCUT2D eigenvalue weighted by atomic mass is 127. The first-order valence-corrected chi connectivity index (χ1v) is 14.6. The third-order valence-electron chi connectivity index (χ3n) is 6.26. The Morgan fingerprint density at radius 1 is 0.919 bits per heavy atom. The summed E-state index contributed by atoms with van der Waals surface area (Å²) in [6.07, 6.45) is 8.96. The van der Waals surface area contributed by atoms with Crippen LogP contribution < -0.4 is 33.4 Å². The lowest BCUT2D eigenvalue weighted by Gasteiger charge is -2.17. The number of halogens is 1. The van der Waals surface area contributed by atoms with Crippen LogP contribution in [0.2, 0.25) is 0 Å². The fourth-order valence-corrected chi connectivity index (χ4v) is 7.75. The Balaban J connectivity index is 0.00000280. The van der Waals surface area contributed by atoms with E-state index >= 15 is 0 Å². The molecule has 0 radical (unpaired) electrons. The second-order valence-electron chi connectivity index (χ2n) is 8.41. The summed E-state index contributed by atoms with van der Waals surface area (Å²) in [5.74, 6) is 0. The van der Waals surface area contributed by atoms with Crippen molar-refractivity contribution in [3.8, 4) is 0 Å². The van der Waals surface area contributed by atoms with E-state index < -0.39 is 0 Å². The number of thioether (sulfide) groups is 1. The molecule has 0 bridgehead atoms. The zero-order valence-electron chi connectivity index (χ0n) is 20.6. The summed E-state index contributed by atoms with van der Waals surface area (Å²) in [4.78, 5) is 8.67. The van der Waals surface area contributed by atoms with E-state index in [1.54, 1.807) is 11.3 Å². The van der Waals surface area contributed by atoms with E-state index in [4.69, 9.17) is 4.98 Å². The molecule has 3 heterocycles. The molecule has 0 aliphatic carbocycles. The smallest absolute Gasteiger partial charge is 0.262 e. The summed E-state index contributed by atoms with van der Waals surface area (Å²) < 4.78 is 4.90. The molecule has 3 aromatic carbocycles. The minimum Gasteiger partial charge on any atom is -1.00 e. The summed E-state index contributed by atoms with van der Waals surface area (Å²) in [7, 11) is 0. The predicted molar refractivity (Wildman–Crippen MR) is 158 cm³/mol. The fourth-order valence-electron chi connectivity index (χ4n) is 4.52. The Morgan fingerprint density at radius 3 is 2.49 bits per heavy atom. The number of thiazole rings is 2. The monoisotopic (exact) mass is 651 g/mol. The molecule has 0 fully saturated rings. The maximum Gasteiger partial charge on any atom is 0.262 e. The van der Waals surface area contributed by atoms with Crippen molar-refractivity contribution in [1.82, 2.24) is 4.98 Å². The standard InChI is InChI=1S/C30H26N3S3.HI/c1-3-32-23-12-6-9-15-26(23)34-28(32)19-17-21(30-31-22-11-5-8-14-25(22)36-30)18-20-29-33(4-2)24-13-7-10-16-27(24)35-29;/h5-20H,3-4H2,1-2H3;1H/q+1;/p-1. The van der Waals surface area contributed by atoms with E-state index in [0.29, 0.717) is 0 Å². The van der Waals surface area contributed by atoms with Gasteiger partial charge < -0.3 is 28.9 Å². The first kappa shape index (κ1) is 26.2. The van der Waals surface area contributed by atoms with E-state index in [1.165, 1.54) is 35.5 Å². The maximum absolute atomic E-state index is 4.98. The highest BCUT2D eigenvalue weighted by Gasteiger charge is 2.23. The fraction of sp³-hybridized carbons (Fsp3) is 0.133. The molecule has 0 amide bonds. The van der Waals surface area contributed by atoms with Crippen LogP contribution in [0.4, 0.5) is 5.69 Å². The molecule has 5 aromatic rings. The van der Waals surface area contributed by atoms with Gasteiger partial charge in [-0.2, -0.15) is 4.57 Å². The number of aromatic nitrogens is 2. The maximum atomic E-state index is 4.98. The molecule has 37 heavy (non-hydrogen) atoms. The number of para-hydroxylation sites is 3. The average molecular weight is 652 g/mol. The first-order valence-electron chi connectivity index (χ1n) is 12.2. The molecule has 0 unspecified atom stereocenters. The van der Waals surface area contributed by atoms with Crippen LogP contribution in [0.5, 0.6) is 0 Å². The quantitative estimate of drug-likeness (QED) is 0.140. The van der Waals surface area contributed by atoms with Gasteiger partial charge in [0.15, 0.2) is 0 Å². The molecule has 0 atom stereocenters. The second kappa shape index (κ2) is 11.5. The molecule has 3 nitrogen and oxygen atoms in total. The number of nitrogens with zero attached hydrogens (tertiary/aromatic N) is 3. The van der Waals surface area contributed by atoms with Gasteiger partial charge in [-0.15, -0.1) is 11.3 Å². The van der Waals surface area contributed by atoms with Crippen LogP contribution in [0.15, 0.2) is 101 Å². The normalized spacial score (nSPS) is 14.7. The molecule has 1 aliphatic heterocycles. The molecule has 6 rings (SSSR count). The van der Waals surface area contributed by atoms with Gasteiger partial charge in [-0.05, 0) is 62.4 Å². The van der Waals surface area contributed by atoms with Crippen molar-refractivity contribution in [3.05, 3.63) is 106 Å². The lowest BCUT2D eigenvalue weighted by Crippen LogP contribution is -3.00. The highest BCUT2D eigenvalue weighted by molar-refractivity contribution is 8.03. The van der Waals surface area contributed by atoms with Crippen LogP contribution in [0.1, 0.15) is 23.9 Å². The van der Waals surface area contributed by atoms with Crippen LogP contribution in [-0.4, -0.2) is 11.5 Å². The lowest BCUT2D eigenvalue weighted by molar-refractivity contribution is -0.665. The Kier molecular flexibility index (Phi) is 8.14. The zero-order valence-corrected chi connectivity index (χ0v) is 25.2. The number of rotatable bonds is 6. The van der Waals surface area contributed by atoms with Gasteiger partial charge in [0.1, 0.15) is 16.3 Å². The summed E-state index contributed by atoms with van der Waals surface area (Å²) in [5.41, 5.74) is 4.75. The topological polar surface area (TPSA) is 20.0 Å². The number of anilines is 1. The van der Waals surface area contributed by atoms with Crippen molar-refractivity contribution < 1.29 is 28.5 Å². The van der Waals surface area contributed by atoms with Crippen molar-refractivity contribution in [2.24, 2.45) is 0 Å².